The quantitative estimate of drug-likeness (QED) is 0.435. The fourth-order valence-electron chi connectivity index (χ4n) is 4.77. The van der Waals surface area contributed by atoms with E-state index in [0.29, 0.717) is 24.7 Å². The number of carbonyl (C=O) groups excluding carboxylic acids is 1. The maximum absolute atomic E-state index is 13.8. The molecule has 1 saturated heterocycles. The third-order valence-corrected chi connectivity index (χ3v) is 6.83. The fourth-order valence-corrected chi connectivity index (χ4v) is 4.90. The first-order valence-electron chi connectivity index (χ1n) is 11.6. The lowest BCUT2D eigenvalue weighted by Gasteiger charge is -2.37. The molecule has 4 aromatic rings. The Morgan fingerprint density at radius 2 is 1.51 bits per heavy atom. The van der Waals surface area contributed by atoms with Crippen LogP contribution in [0.25, 0.3) is 5.69 Å². The van der Waals surface area contributed by atoms with Crippen molar-refractivity contribution in [1.29, 1.82) is 0 Å². The van der Waals surface area contributed by atoms with Gasteiger partial charge in [0.2, 0.25) is 5.91 Å². The first-order valence-corrected chi connectivity index (χ1v) is 12.0. The van der Waals surface area contributed by atoms with Crippen LogP contribution in [-0.4, -0.2) is 62.1 Å². The van der Waals surface area contributed by atoms with Gasteiger partial charge >= 0.3 is 0 Å². The van der Waals surface area contributed by atoms with Gasteiger partial charge in [-0.2, -0.15) is 4.68 Å². The summed E-state index contributed by atoms with van der Waals surface area (Å²) < 4.78 is 7.79. The van der Waals surface area contributed by atoms with Gasteiger partial charge in [0, 0.05) is 42.3 Å². The Balaban J connectivity index is 1.16. The van der Waals surface area contributed by atoms with Gasteiger partial charge in [-0.15, -0.1) is 5.10 Å². The van der Waals surface area contributed by atoms with Gasteiger partial charge in [0.05, 0.1) is 18.2 Å². The number of halogens is 1. The van der Waals surface area contributed by atoms with Crippen LogP contribution in [0.4, 0.5) is 0 Å². The Morgan fingerprint density at radius 1 is 0.886 bits per heavy atom. The molecule has 0 atom stereocenters. The van der Waals surface area contributed by atoms with Crippen LogP contribution in [0.1, 0.15) is 22.9 Å². The van der Waals surface area contributed by atoms with E-state index in [1.165, 1.54) is 0 Å². The van der Waals surface area contributed by atoms with Crippen LogP contribution in [0, 0.1) is 0 Å². The minimum absolute atomic E-state index is 0.110. The summed E-state index contributed by atoms with van der Waals surface area (Å²) in [4.78, 5) is 18.0. The van der Waals surface area contributed by atoms with E-state index in [1.807, 2.05) is 77.7 Å². The van der Waals surface area contributed by atoms with Gasteiger partial charge in [-0.1, -0.05) is 48.0 Å². The molecule has 1 aromatic heterocycles. The molecular formula is C26H23ClN6O2. The summed E-state index contributed by atoms with van der Waals surface area (Å²) in [6.07, 6.45) is 0. The van der Waals surface area contributed by atoms with Crippen molar-refractivity contribution in [3.8, 4) is 17.2 Å². The van der Waals surface area contributed by atoms with E-state index in [4.69, 9.17) is 16.3 Å². The normalized spacial score (nSPS) is 15.9. The first kappa shape index (κ1) is 21.8. The Labute approximate surface area is 207 Å². The highest BCUT2D eigenvalue weighted by Crippen LogP contribution is 2.44. The zero-order valence-electron chi connectivity index (χ0n) is 18.9. The smallest absolute Gasteiger partial charge is 0.234 e. The number of hydrogen-bond acceptors (Lipinski definition) is 6. The Bertz CT molecular complexity index is 1320. The molecule has 0 saturated carbocycles. The van der Waals surface area contributed by atoms with E-state index in [9.17, 15) is 4.79 Å². The Hall–Kier alpha value is -3.75. The number of benzene rings is 3. The zero-order chi connectivity index (χ0) is 23.8. The molecule has 9 heteroatoms. The number of amides is 1. The third kappa shape index (κ3) is 4.15. The number of aromatic nitrogens is 4. The van der Waals surface area contributed by atoms with Crippen LogP contribution in [0.5, 0.6) is 11.5 Å². The number of tetrazole rings is 1. The van der Waals surface area contributed by atoms with E-state index >= 15 is 0 Å². The van der Waals surface area contributed by atoms with Crippen molar-refractivity contribution in [1.82, 2.24) is 30.0 Å². The van der Waals surface area contributed by atoms with Gasteiger partial charge in [0.15, 0.2) is 5.82 Å². The number of nitrogens with zero attached hydrogens (tertiary/aromatic N) is 6. The summed E-state index contributed by atoms with van der Waals surface area (Å²) in [6, 6.07) is 23.0. The number of para-hydroxylation sites is 2. The second-order valence-corrected chi connectivity index (χ2v) is 9.13. The summed E-state index contributed by atoms with van der Waals surface area (Å²) in [6.45, 7) is 3.37. The Morgan fingerprint density at radius 3 is 2.17 bits per heavy atom. The average molecular weight is 487 g/mol. The molecule has 35 heavy (non-hydrogen) atoms. The topological polar surface area (TPSA) is 76.4 Å². The summed E-state index contributed by atoms with van der Waals surface area (Å²) >= 11 is 6.01. The van der Waals surface area contributed by atoms with Gasteiger partial charge in [0.25, 0.3) is 0 Å². The van der Waals surface area contributed by atoms with Crippen LogP contribution >= 0.6 is 11.6 Å². The summed E-state index contributed by atoms with van der Waals surface area (Å²) in [5.41, 5.74) is 2.70. The van der Waals surface area contributed by atoms with Crippen LogP contribution in [-0.2, 0) is 11.3 Å². The largest absolute Gasteiger partial charge is 0.457 e. The molecule has 1 amide bonds. The lowest BCUT2D eigenvalue weighted by molar-refractivity contribution is -0.133. The Kier molecular flexibility index (Phi) is 5.67. The average Bonchev–Trinajstić information content (AvgIpc) is 3.36. The monoisotopic (exact) mass is 486 g/mol. The SMILES string of the molecule is O=C(C1c2ccccc2Oc2ccccc21)N1CCN(Cc2nnnn2-c2ccc(Cl)cc2)CC1. The molecule has 2 aliphatic rings. The first-order chi connectivity index (χ1) is 17.2. The van der Waals surface area contributed by atoms with Gasteiger partial charge < -0.3 is 9.64 Å². The van der Waals surface area contributed by atoms with E-state index in [2.05, 4.69) is 20.4 Å². The van der Waals surface area contributed by atoms with Gasteiger partial charge in [-0.3, -0.25) is 9.69 Å². The van der Waals surface area contributed by atoms with Crippen molar-refractivity contribution < 1.29 is 9.53 Å². The van der Waals surface area contributed by atoms with E-state index in [-0.39, 0.29) is 11.8 Å². The predicted molar refractivity (Wildman–Crippen MR) is 131 cm³/mol. The number of ether oxygens (including phenoxy) is 1. The maximum atomic E-state index is 13.8. The minimum Gasteiger partial charge on any atom is -0.457 e. The van der Waals surface area contributed by atoms with E-state index in [1.54, 1.807) is 4.68 Å². The molecule has 8 nitrogen and oxygen atoms in total. The highest BCUT2D eigenvalue weighted by molar-refractivity contribution is 6.30. The van der Waals surface area contributed by atoms with Crippen LogP contribution < -0.4 is 4.74 Å². The molecule has 0 spiro atoms. The minimum atomic E-state index is -0.361. The van der Waals surface area contributed by atoms with Crippen LogP contribution in [0.2, 0.25) is 5.02 Å². The molecule has 0 unspecified atom stereocenters. The standard InChI is InChI=1S/C26H23ClN6O2/c27-18-9-11-19(12-10-18)33-24(28-29-30-33)17-31-13-15-32(16-14-31)26(34)25-20-5-1-3-7-22(20)35-23-8-4-2-6-21(23)25/h1-12,25H,13-17H2. The van der Waals surface area contributed by atoms with Crippen LogP contribution in [0.3, 0.4) is 0 Å². The van der Waals surface area contributed by atoms with Gasteiger partial charge in [-0.25, -0.2) is 0 Å². The number of fused-ring (bicyclic) bond motifs is 2. The van der Waals surface area contributed by atoms with Crippen LogP contribution in [0.15, 0.2) is 72.8 Å². The van der Waals surface area contributed by atoms with E-state index < -0.39 is 0 Å². The molecular weight excluding hydrogens is 464 g/mol. The molecule has 2 aliphatic heterocycles. The van der Waals surface area contributed by atoms with Crippen molar-refractivity contribution >= 4 is 17.5 Å². The number of hydrogen-bond donors (Lipinski definition) is 0. The second kappa shape index (κ2) is 9.13. The highest BCUT2D eigenvalue weighted by Gasteiger charge is 2.36. The van der Waals surface area contributed by atoms with Gasteiger partial charge in [-0.05, 0) is 46.8 Å². The predicted octanol–water partition coefficient (Wildman–Crippen LogP) is 3.90. The van der Waals surface area contributed by atoms with Gasteiger partial charge in [0.1, 0.15) is 11.5 Å². The molecule has 0 radical (unpaired) electrons. The summed E-state index contributed by atoms with van der Waals surface area (Å²) in [5.74, 6) is 1.99. The summed E-state index contributed by atoms with van der Waals surface area (Å²) in [5, 5.41) is 12.9. The molecule has 3 aromatic carbocycles. The third-order valence-electron chi connectivity index (χ3n) is 6.58. The molecule has 0 bridgehead atoms. The number of carbonyl (C=O) groups is 1. The molecule has 1 fully saturated rings. The van der Waals surface area contributed by atoms with Crippen molar-refractivity contribution in [3.63, 3.8) is 0 Å². The lowest BCUT2D eigenvalue weighted by atomic mass is 9.86. The van der Waals surface area contributed by atoms with Crippen molar-refractivity contribution in [2.45, 2.75) is 12.5 Å². The molecule has 0 aliphatic carbocycles. The molecule has 3 heterocycles. The molecule has 6 rings (SSSR count). The maximum Gasteiger partial charge on any atom is 0.234 e. The highest BCUT2D eigenvalue weighted by atomic mass is 35.5. The zero-order valence-corrected chi connectivity index (χ0v) is 19.7. The number of piperazine rings is 1. The van der Waals surface area contributed by atoms with E-state index in [0.717, 1.165) is 47.2 Å². The van der Waals surface area contributed by atoms with Crippen molar-refractivity contribution in [2.24, 2.45) is 0 Å². The lowest BCUT2D eigenvalue weighted by Crippen LogP contribution is -2.50. The van der Waals surface area contributed by atoms with Crippen molar-refractivity contribution in [3.05, 3.63) is 94.8 Å². The molecule has 0 N–H and O–H groups in total. The second-order valence-electron chi connectivity index (χ2n) is 8.70. The van der Waals surface area contributed by atoms with Crippen molar-refractivity contribution in [2.75, 3.05) is 26.2 Å². The summed E-state index contributed by atoms with van der Waals surface area (Å²) in [7, 11) is 0. The number of rotatable bonds is 4. The fraction of sp³-hybridized carbons (Fsp3) is 0.231. The molecule has 176 valence electrons.